The number of hydrogen-bond acceptors (Lipinski definition) is 8. The standard InChI is InChI=1S/C18H28N4O4/c1-7-25-17(23)14(18(24)26-8-2)11-19-15-9-12(3)20(5)16-10-13(4)21(6)22(15)16/h9-13,19H,7-8H2,1-6H3. The van der Waals surface area contributed by atoms with E-state index in [9.17, 15) is 9.59 Å². The van der Waals surface area contributed by atoms with Crippen LogP contribution in [0.5, 0.6) is 0 Å². The van der Waals surface area contributed by atoms with E-state index in [1.165, 1.54) is 6.20 Å². The second kappa shape index (κ2) is 8.27. The van der Waals surface area contributed by atoms with Crippen LogP contribution in [-0.4, -0.2) is 66.2 Å². The average molecular weight is 364 g/mol. The summed E-state index contributed by atoms with van der Waals surface area (Å²) in [5.41, 5.74) is -0.165. The van der Waals surface area contributed by atoms with E-state index in [1.54, 1.807) is 13.8 Å². The Balaban J connectivity index is 2.29. The van der Waals surface area contributed by atoms with E-state index in [2.05, 4.69) is 35.1 Å². The van der Waals surface area contributed by atoms with Crippen molar-refractivity contribution in [3.8, 4) is 0 Å². The smallest absolute Gasteiger partial charge is 0.347 e. The van der Waals surface area contributed by atoms with Crippen molar-refractivity contribution in [3.63, 3.8) is 0 Å². The number of ether oxygens (including phenoxy) is 2. The largest absolute Gasteiger partial charge is 0.462 e. The number of fused-ring (bicyclic) bond motifs is 1. The molecule has 2 heterocycles. The fourth-order valence-corrected chi connectivity index (χ4v) is 2.79. The maximum Gasteiger partial charge on any atom is 0.347 e. The zero-order valence-electron chi connectivity index (χ0n) is 16.3. The number of rotatable bonds is 6. The molecular weight excluding hydrogens is 336 g/mol. The minimum absolute atomic E-state index is 0.153. The lowest BCUT2D eigenvalue weighted by atomic mass is 10.2. The average Bonchev–Trinajstić information content (AvgIpc) is 2.88. The summed E-state index contributed by atoms with van der Waals surface area (Å²) in [7, 11) is 4.01. The number of nitrogens with one attached hydrogen (secondary N) is 1. The van der Waals surface area contributed by atoms with Crippen LogP contribution < -0.4 is 5.32 Å². The summed E-state index contributed by atoms with van der Waals surface area (Å²) in [4.78, 5) is 26.4. The number of carbonyl (C=O) groups excluding carboxylic acids is 2. The van der Waals surface area contributed by atoms with Crippen molar-refractivity contribution in [1.82, 2.24) is 20.2 Å². The number of hydrogen-bond donors (Lipinski definition) is 1. The molecule has 2 aliphatic rings. The van der Waals surface area contributed by atoms with Gasteiger partial charge in [0.15, 0.2) is 5.57 Å². The molecule has 0 aromatic rings. The molecule has 0 aromatic heterocycles. The molecule has 2 rings (SSSR count). The highest BCUT2D eigenvalue weighted by molar-refractivity contribution is 6.13. The summed E-state index contributed by atoms with van der Waals surface area (Å²) in [5, 5.41) is 7.17. The molecule has 8 nitrogen and oxygen atoms in total. The lowest BCUT2D eigenvalue weighted by Crippen LogP contribution is -2.48. The Morgan fingerprint density at radius 1 is 1.08 bits per heavy atom. The molecule has 2 aliphatic heterocycles. The molecule has 2 atom stereocenters. The highest BCUT2D eigenvalue weighted by Crippen LogP contribution is 2.31. The highest BCUT2D eigenvalue weighted by Gasteiger charge is 2.36. The summed E-state index contributed by atoms with van der Waals surface area (Å²) in [6.07, 6.45) is 5.54. The van der Waals surface area contributed by atoms with Crippen LogP contribution in [0.2, 0.25) is 0 Å². The van der Waals surface area contributed by atoms with Crippen LogP contribution in [0.15, 0.2) is 35.6 Å². The van der Waals surface area contributed by atoms with Gasteiger partial charge in [0.1, 0.15) is 11.6 Å². The molecule has 0 fully saturated rings. The first-order chi connectivity index (χ1) is 12.3. The normalized spacial score (nSPS) is 22.2. The van der Waals surface area contributed by atoms with Crippen molar-refractivity contribution in [2.45, 2.75) is 39.8 Å². The quantitative estimate of drug-likeness (QED) is 0.326. The van der Waals surface area contributed by atoms with Crippen LogP contribution in [0.1, 0.15) is 27.7 Å². The summed E-state index contributed by atoms with van der Waals surface area (Å²) >= 11 is 0. The van der Waals surface area contributed by atoms with E-state index in [4.69, 9.17) is 9.47 Å². The first-order valence-electron chi connectivity index (χ1n) is 8.82. The SMILES string of the molecule is CCOC(=O)C(=CNC1=CC(C)N(C)C2=CC(C)N(C)N12)C(=O)OCC. The van der Waals surface area contributed by atoms with Crippen LogP contribution in [0.25, 0.3) is 0 Å². The summed E-state index contributed by atoms with van der Waals surface area (Å²) < 4.78 is 9.93. The van der Waals surface area contributed by atoms with Crippen molar-refractivity contribution >= 4 is 11.9 Å². The zero-order chi connectivity index (χ0) is 19.4. The molecule has 0 radical (unpaired) electrons. The summed E-state index contributed by atoms with van der Waals surface area (Å²) in [6, 6.07) is 0.377. The van der Waals surface area contributed by atoms with E-state index in [1.807, 2.05) is 25.2 Å². The van der Waals surface area contributed by atoms with Crippen LogP contribution >= 0.6 is 0 Å². The van der Waals surface area contributed by atoms with Crippen molar-refractivity contribution < 1.29 is 19.1 Å². The van der Waals surface area contributed by atoms with E-state index in [0.717, 1.165) is 11.6 Å². The number of hydrazine groups is 1. The molecule has 0 spiro atoms. The van der Waals surface area contributed by atoms with Gasteiger partial charge in [-0.2, -0.15) is 0 Å². The zero-order valence-corrected chi connectivity index (χ0v) is 16.3. The topological polar surface area (TPSA) is 74.4 Å². The Morgan fingerprint density at radius 2 is 1.65 bits per heavy atom. The van der Waals surface area contributed by atoms with E-state index < -0.39 is 11.9 Å². The van der Waals surface area contributed by atoms with Crippen molar-refractivity contribution in [1.29, 1.82) is 0 Å². The van der Waals surface area contributed by atoms with Gasteiger partial charge >= 0.3 is 11.9 Å². The minimum atomic E-state index is -0.709. The van der Waals surface area contributed by atoms with Gasteiger partial charge in [-0.25, -0.2) is 19.6 Å². The molecule has 0 amide bonds. The highest BCUT2D eigenvalue weighted by atomic mass is 16.6. The second-order valence-electron chi connectivity index (χ2n) is 6.20. The monoisotopic (exact) mass is 364 g/mol. The number of esters is 2. The van der Waals surface area contributed by atoms with Crippen molar-refractivity contribution in [3.05, 3.63) is 35.6 Å². The predicted molar refractivity (Wildman–Crippen MR) is 96.9 cm³/mol. The van der Waals surface area contributed by atoms with Gasteiger partial charge in [0, 0.05) is 32.4 Å². The van der Waals surface area contributed by atoms with Gasteiger partial charge in [-0.3, -0.25) is 0 Å². The van der Waals surface area contributed by atoms with Crippen LogP contribution in [-0.2, 0) is 19.1 Å². The third-order valence-electron chi connectivity index (χ3n) is 4.47. The molecule has 0 saturated carbocycles. The van der Waals surface area contributed by atoms with Crippen molar-refractivity contribution in [2.75, 3.05) is 27.3 Å². The molecule has 0 aliphatic carbocycles. The van der Waals surface area contributed by atoms with Gasteiger partial charge < -0.3 is 19.7 Å². The molecule has 2 unspecified atom stereocenters. The molecule has 0 aromatic carbocycles. The predicted octanol–water partition coefficient (Wildman–Crippen LogP) is 1.15. The van der Waals surface area contributed by atoms with Gasteiger partial charge in [-0.05, 0) is 39.8 Å². The van der Waals surface area contributed by atoms with Gasteiger partial charge in [0.05, 0.1) is 13.2 Å². The maximum absolute atomic E-state index is 12.1. The first-order valence-corrected chi connectivity index (χ1v) is 8.82. The third kappa shape index (κ3) is 3.85. The van der Waals surface area contributed by atoms with Crippen LogP contribution in [0, 0.1) is 0 Å². The van der Waals surface area contributed by atoms with Crippen LogP contribution in [0.3, 0.4) is 0 Å². The molecule has 144 valence electrons. The molecule has 26 heavy (non-hydrogen) atoms. The number of carbonyl (C=O) groups is 2. The number of likely N-dealkylation sites (N-methyl/N-ethyl adjacent to an activating group) is 2. The van der Waals surface area contributed by atoms with Gasteiger partial charge in [-0.1, -0.05) is 0 Å². The Kier molecular flexibility index (Phi) is 6.31. The van der Waals surface area contributed by atoms with Crippen LogP contribution in [0.4, 0.5) is 0 Å². The first kappa shape index (κ1) is 19.8. The van der Waals surface area contributed by atoms with Gasteiger partial charge in [0.2, 0.25) is 0 Å². The van der Waals surface area contributed by atoms with Gasteiger partial charge in [0.25, 0.3) is 0 Å². The van der Waals surface area contributed by atoms with E-state index in [-0.39, 0.29) is 30.9 Å². The fourth-order valence-electron chi connectivity index (χ4n) is 2.79. The Morgan fingerprint density at radius 3 is 2.19 bits per heavy atom. The Hall–Kier alpha value is -2.48. The fraction of sp³-hybridized carbons (Fsp3) is 0.556. The lowest BCUT2D eigenvalue weighted by Gasteiger charge is -2.42. The third-order valence-corrected chi connectivity index (χ3v) is 4.47. The molecular formula is C18H28N4O4. The lowest BCUT2D eigenvalue weighted by molar-refractivity contribution is -0.146. The number of nitrogens with zero attached hydrogens (tertiary/aromatic N) is 3. The van der Waals surface area contributed by atoms with E-state index in [0.29, 0.717) is 0 Å². The minimum Gasteiger partial charge on any atom is -0.462 e. The molecule has 0 bridgehead atoms. The Labute approximate surface area is 154 Å². The molecule has 8 heteroatoms. The Bertz CT molecular complexity index is 636. The van der Waals surface area contributed by atoms with E-state index >= 15 is 0 Å². The maximum atomic E-state index is 12.1. The van der Waals surface area contributed by atoms with Crippen molar-refractivity contribution in [2.24, 2.45) is 0 Å². The van der Waals surface area contributed by atoms with Gasteiger partial charge in [-0.15, -0.1) is 0 Å². The molecule has 1 N–H and O–H groups in total. The summed E-state index contributed by atoms with van der Waals surface area (Å²) in [5.74, 6) is 0.386. The second-order valence-corrected chi connectivity index (χ2v) is 6.20. The molecule has 0 saturated heterocycles. The summed E-state index contributed by atoms with van der Waals surface area (Å²) in [6.45, 7) is 7.91.